The van der Waals surface area contributed by atoms with Crippen LogP contribution in [0.5, 0.6) is 0 Å². The first-order chi connectivity index (χ1) is 9.05. The van der Waals surface area contributed by atoms with Crippen molar-refractivity contribution >= 4 is 0 Å². The van der Waals surface area contributed by atoms with Crippen molar-refractivity contribution in [2.24, 2.45) is 23.7 Å². The van der Waals surface area contributed by atoms with Crippen LogP contribution in [0.15, 0.2) is 0 Å². The molecule has 4 aliphatic heterocycles. The van der Waals surface area contributed by atoms with Gasteiger partial charge in [0.15, 0.2) is 11.9 Å². The Bertz CT molecular complexity index is 386. The highest BCUT2D eigenvalue weighted by atomic mass is 17.3. The van der Waals surface area contributed by atoms with E-state index in [0.717, 1.165) is 19.4 Å². The van der Waals surface area contributed by atoms with Crippen LogP contribution in [0.25, 0.3) is 0 Å². The Kier molecular flexibility index (Phi) is 2.61. The van der Waals surface area contributed by atoms with Crippen LogP contribution in [0.3, 0.4) is 0 Å². The van der Waals surface area contributed by atoms with E-state index in [-0.39, 0.29) is 11.9 Å². The molecule has 1 saturated carbocycles. The fourth-order valence-corrected chi connectivity index (χ4v) is 4.88. The van der Waals surface area contributed by atoms with Gasteiger partial charge in [-0.3, -0.25) is 0 Å². The van der Waals surface area contributed by atoms with E-state index in [1.807, 2.05) is 6.92 Å². The third kappa shape index (κ3) is 1.54. The summed E-state index contributed by atoms with van der Waals surface area (Å²) >= 11 is 0. The van der Waals surface area contributed by atoms with Crippen molar-refractivity contribution in [2.45, 2.75) is 64.1 Å². The number of ether oxygens (including phenoxy) is 2. The summed E-state index contributed by atoms with van der Waals surface area (Å²) in [6.07, 6.45) is 4.24. The normalized spacial score (nSPS) is 60.5. The summed E-state index contributed by atoms with van der Waals surface area (Å²) in [7, 11) is 0. The van der Waals surface area contributed by atoms with Crippen LogP contribution in [0.1, 0.15) is 46.5 Å². The number of hydrogen-bond acceptors (Lipinski definition) is 4. The second-order valence-corrected chi connectivity index (χ2v) is 7.22. The first kappa shape index (κ1) is 12.6. The Morgan fingerprint density at radius 1 is 0.947 bits per heavy atom. The molecule has 0 amide bonds. The van der Waals surface area contributed by atoms with E-state index in [9.17, 15) is 0 Å². The van der Waals surface area contributed by atoms with Crippen LogP contribution in [0.4, 0.5) is 0 Å². The van der Waals surface area contributed by atoms with Crippen molar-refractivity contribution in [1.29, 1.82) is 0 Å². The molecule has 1 aliphatic carbocycles. The summed E-state index contributed by atoms with van der Waals surface area (Å²) in [6.45, 7) is 7.36. The van der Waals surface area contributed by atoms with E-state index < -0.39 is 5.79 Å². The predicted molar refractivity (Wildman–Crippen MR) is 67.9 cm³/mol. The zero-order valence-corrected chi connectivity index (χ0v) is 12.1. The lowest BCUT2D eigenvalue weighted by Crippen LogP contribution is -2.68. The summed E-state index contributed by atoms with van der Waals surface area (Å²) in [5, 5.41) is 0. The predicted octanol–water partition coefficient (Wildman–Crippen LogP) is 2.87. The van der Waals surface area contributed by atoms with Gasteiger partial charge in [0.05, 0.1) is 6.61 Å². The average molecular weight is 268 g/mol. The smallest absolute Gasteiger partial charge is 0.201 e. The molecular formula is C15H24O4. The minimum atomic E-state index is -0.627. The molecule has 5 aliphatic rings. The summed E-state index contributed by atoms with van der Waals surface area (Å²) in [4.78, 5) is 11.7. The Hall–Kier alpha value is -0.160. The molecule has 4 heterocycles. The molecular weight excluding hydrogens is 244 g/mol. The Labute approximate surface area is 114 Å². The fourth-order valence-electron chi connectivity index (χ4n) is 4.88. The van der Waals surface area contributed by atoms with Gasteiger partial charge < -0.3 is 9.47 Å². The van der Waals surface area contributed by atoms with Crippen LogP contribution in [-0.2, 0) is 19.2 Å². The second-order valence-electron chi connectivity index (χ2n) is 7.22. The molecule has 7 atom stereocenters. The van der Waals surface area contributed by atoms with Gasteiger partial charge in [-0.25, -0.2) is 9.78 Å². The zero-order valence-electron chi connectivity index (χ0n) is 12.1. The molecule has 0 radical (unpaired) electrons. The van der Waals surface area contributed by atoms with Gasteiger partial charge in [-0.15, -0.1) is 0 Å². The molecule has 19 heavy (non-hydrogen) atoms. The van der Waals surface area contributed by atoms with Crippen LogP contribution >= 0.6 is 0 Å². The van der Waals surface area contributed by atoms with Crippen molar-refractivity contribution in [3.05, 3.63) is 0 Å². The Balaban J connectivity index is 1.81. The maximum Gasteiger partial charge on any atom is 0.201 e. The largest absolute Gasteiger partial charge is 0.349 e. The number of hydrogen-bond donors (Lipinski definition) is 0. The molecule has 1 spiro atoms. The summed E-state index contributed by atoms with van der Waals surface area (Å²) < 4.78 is 12.2. The van der Waals surface area contributed by atoms with E-state index in [4.69, 9.17) is 19.2 Å². The molecule has 0 aromatic rings. The van der Waals surface area contributed by atoms with Gasteiger partial charge in [-0.2, -0.15) is 0 Å². The van der Waals surface area contributed by atoms with Gasteiger partial charge in [-0.05, 0) is 43.9 Å². The lowest BCUT2D eigenvalue weighted by Gasteiger charge is -2.58. The van der Waals surface area contributed by atoms with E-state index in [2.05, 4.69) is 13.8 Å². The monoisotopic (exact) mass is 268 g/mol. The molecule has 0 N–H and O–H groups in total. The highest BCUT2D eigenvalue weighted by Crippen LogP contribution is 2.59. The lowest BCUT2D eigenvalue weighted by molar-refractivity contribution is -0.566. The fraction of sp³-hybridized carbons (Fsp3) is 1.00. The van der Waals surface area contributed by atoms with E-state index in [1.165, 1.54) is 12.8 Å². The summed E-state index contributed by atoms with van der Waals surface area (Å²) in [5.41, 5.74) is -0.370. The van der Waals surface area contributed by atoms with Crippen LogP contribution in [0, 0.1) is 23.7 Å². The Morgan fingerprint density at radius 2 is 1.74 bits per heavy atom. The average Bonchev–Trinajstić information content (AvgIpc) is 2.61. The van der Waals surface area contributed by atoms with Crippen molar-refractivity contribution in [2.75, 3.05) is 6.61 Å². The van der Waals surface area contributed by atoms with Crippen LogP contribution in [0.2, 0.25) is 0 Å². The van der Waals surface area contributed by atoms with Crippen LogP contribution < -0.4 is 0 Å². The van der Waals surface area contributed by atoms with Crippen molar-refractivity contribution in [3.8, 4) is 0 Å². The van der Waals surface area contributed by atoms with Crippen molar-refractivity contribution in [1.82, 2.24) is 0 Å². The maximum atomic E-state index is 6.16. The van der Waals surface area contributed by atoms with Gasteiger partial charge in [0.2, 0.25) is 5.79 Å². The van der Waals surface area contributed by atoms with Gasteiger partial charge in [0.1, 0.15) is 0 Å². The van der Waals surface area contributed by atoms with Crippen molar-refractivity contribution in [3.63, 3.8) is 0 Å². The molecule has 1 unspecified atom stereocenters. The third-order valence-electron chi connectivity index (χ3n) is 5.97. The maximum absolute atomic E-state index is 6.16. The lowest BCUT2D eigenvalue weighted by atomic mass is 9.58. The highest BCUT2D eigenvalue weighted by molar-refractivity contribution is 5.08. The van der Waals surface area contributed by atoms with Gasteiger partial charge in [-0.1, -0.05) is 13.8 Å². The SMILES string of the molecule is CC1CO[C@@H]2O[C@@]3(C)CC[C@H]4[C@H](C)CC[C@@H]1[C@@]24OO3. The zero-order chi connectivity index (χ0) is 13.3. The van der Waals surface area contributed by atoms with Gasteiger partial charge in [0.25, 0.3) is 0 Å². The molecule has 0 aromatic carbocycles. The minimum Gasteiger partial charge on any atom is -0.349 e. The first-order valence-electron chi connectivity index (χ1n) is 7.71. The molecule has 4 nitrogen and oxygen atoms in total. The standard InChI is InChI=1S/C15H24O4/c1-9-4-5-11-10(2)8-16-13-15(11)12(9)6-7-14(3,17-13)18-19-15/h9-13H,4-8H2,1-3H3/t9-,10?,11+,12+,13-,14-,15+/m1/s1. The topological polar surface area (TPSA) is 36.9 Å². The van der Waals surface area contributed by atoms with Gasteiger partial charge in [0, 0.05) is 12.3 Å². The molecule has 2 bridgehead atoms. The summed E-state index contributed by atoms with van der Waals surface area (Å²) in [5.74, 6) is 1.53. The molecule has 4 saturated heterocycles. The quantitative estimate of drug-likeness (QED) is 0.633. The molecule has 0 aromatic heterocycles. The molecule has 5 rings (SSSR count). The van der Waals surface area contributed by atoms with E-state index in [0.29, 0.717) is 23.7 Å². The molecule has 5 fully saturated rings. The van der Waals surface area contributed by atoms with Crippen LogP contribution in [-0.4, -0.2) is 24.3 Å². The second kappa shape index (κ2) is 3.94. The number of rotatable bonds is 0. The third-order valence-corrected chi connectivity index (χ3v) is 5.97. The number of fused-ring (bicyclic) bond motifs is 2. The molecule has 108 valence electrons. The Morgan fingerprint density at radius 3 is 2.58 bits per heavy atom. The first-order valence-corrected chi connectivity index (χ1v) is 7.71. The van der Waals surface area contributed by atoms with Crippen molar-refractivity contribution < 1.29 is 19.2 Å². The van der Waals surface area contributed by atoms with Gasteiger partial charge >= 0.3 is 0 Å². The summed E-state index contributed by atoms with van der Waals surface area (Å²) in [6, 6.07) is 0. The minimum absolute atomic E-state index is 0.248. The highest BCUT2D eigenvalue weighted by Gasteiger charge is 2.67. The van der Waals surface area contributed by atoms with E-state index >= 15 is 0 Å². The molecule has 4 heteroatoms. The van der Waals surface area contributed by atoms with E-state index in [1.54, 1.807) is 0 Å².